The molecular formula is C41H39N4O5S+. The maximum Gasteiger partial charge on any atom is 0.294 e. The van der Waals surface area contributed by atoms with E-state index in [1.807, 2.05) is 0 Å². The Morgan fingerprint density at radius 1 is 0.784 bits per heavy atom. The average Bonchev–Trinajstić information content (AvgIpc) is 3.33. The minimum Gasteiger partial charge on any atom is -0.369 e. The second-order valence-corrected chi connectivity index (χ2v) is 15.5. The summed E-state index contributed by atoms with van der Waals surface area (Å²) in [5, 5.41) is 3.39. The van der Waals surface area contributed by atoms with Crippen molar-refractivity contribution in [2.24, 2.45) is 0 Å². The molecule has 0 saturated carbocycles. The van der Waals surface area contributed by atoms with Gasteiger partial charge in [0.25, 0.3) is 21.9 Å². The molecule has 3 heterocycles. The van der Waals surface area contributed by atoms with Crippen molar-refractivity contribution in [3.63, 3.8) is 0 Å². The van der Waals surface area contributed by atoms with Gasteiger partial charge in [0.1, 0.15) is 7.05 Å². The minimum atomic E-state index is -4.53. The number of benzene rings is 5. The van der Waals surface area contributed by atoms with Crippen LogP contribution in [-0.4, -0.2) is 91.2 Å². The van der Waals surface area contributed by atoms with E-state index < -0.39 is 21.9 Å². The summed E-state index contributed by atoms with van der Waals surface area (Å²) < 4.78 is 35.8. The number of nitrogens with zero attached hydrogens (tertiary/aromatic N) is 4. The Labute approximate surface area is 297 Å². The van der Waals surface area contributed by atoms with Crippen LogP contribution in [0.2, 0.25) is 0 Å². The van der Waals surface area contributed by atoms with Crippen LogP contribution >= 0.6 is 0 Å². The smallest absolute Gasteiger partial charge is 0.294 e. The quantitative estimate of drug-likeness (QED) is 0.120. The predicted molar refractivity (Wildman–Crippen MR) is 201 cm³/mol. The van der Waals surface area contributed by atoms with Crippen molar-refractivity contribution in [3.8, 4) is 0 Å². The highest BCUT2D eigenvalue weighted by atomic mass is 32.2. The maximum atomic E-state index is 13.5. The van der Waals surface area contributed by atoms with E-state index in [0.717, 1.165) is 43.5 Å². The van der Waals surface area contributed by atoms with Gasteiger partial charge in [-0.05, 0) is 78.0 Å². The number of anilines is 1. The lowest BCUT2D eigenvalue weighted by molar-refractivity contribution is -0.401. The molecule has 3 aliphatic rings. The Bertz CT molecular complexity index is 2440. The number of carbonyl (C=O) groups is 2. The van der Waals surface area contributed by atoms with Crippen molar-refractivity contribution in [2.45, 2.75) is 24.2 Å². The fraction of sp³-hybridized carbons (Fsp3) is 0.244. The van der Waals surface area contributed by atoms with Crippen LogP contribution in [0, 0.1) is 0 Å². The molecule has 10 heteroatoms. The van der Waals surface area contributed by atoms with E-state index in [0.29, 0.717) is 22.9 Å². The van der Waals surface area contributed by atoms with Crippen molar-refractivity contribution in [2.75, 3.05) is 51.2 Å². The highest BCUT2D eigenvalue weighted by Gasteiger charge is 2.44. The number of hydrogen-bond donors (Lipinski definition) is 1. The molecule has 0 spiro atoms. The Hall–Kier alpha value is -5.16. The van der Waals surface area contributed by atoms with Gasteiger partial charge in [0.15, 0.2) is 5.71 Å². The largest absolute Gasteiger partial charge is 0.369 e. The van der Waals surface area contributed by atoms with Gasteiger partial charge in [-0.2, -0.15) is 13.0 Å². The Morgan fingerprint density at radius 2 is 1.49 bits per heavy atom. The molecule has 0 radical (unpaired) electrons. The van der Waals surface area contributed by atoms with Gasteiger partial charge in [0.2, 0.25) is 5.69 Å². The Kier molecular flexibility index (Phi) is 7.94. The summed E-state index contributed by atoms with van der Waals surface area (Å²) in [5.74, 6) is -0.952. The Morgan fingerprint density at radius 3 is 2.24 bits per heavy atom. The van der Waals surface area contributed by atoms with E-state index in [4.69, 9.17) is 0 Å². The summed E-state index contributed by atoms with van der Waals surface area (Å²) in [7, 11) is -2.39. The summed E-state index contributed by atoms with van der Waals surface area (Å²) in [6.45, 7) is 8.43. The van der Waals surface area contributed by atoms with Crippen LogP contribution < -0.4 is 4.90 Å². The SMILES string of the molecule is C[N+]1=C(/C=C/c2ccc(N3CCN(CCN4C(=O)c5cccc6cc(S(=O)(=O)O)cc(c56)C4=O)CC3)cc2)C(C)(C)c2c1ccc1ccccc21. The molecule has 0 atom stereocenters. The monoisotopic (exact) mass is 699 g/mol. The van der Waals surface area contributed by atoms with Crippen LogP contribution in [0.25, 0.3) is 27.6 Å². The molecule has 9 nitrogen and oxygen atoms in total. The number of carbonyl (C=O) groups excluding carboxylic acids is 2. The molecule has 5 aromatic rings. The third-order valence-electron chi connectivity index (χ3n) is 10.8. The van der Waals surface area contributed by atoms with E-state index >= 15 is 0 Å². The molecule has 51 heavy (non-hydrogen) atoms. The first-order valence-electron chi connectivity index (χ1n) is 17.2. The first-order chi connectivity index (χ1) is 24.4. The normalized spacial score (nSPS) is 17.7. The standard InChI is InChI=1S/C41H38N4O5S/c1-41(2)36(42(3)35-17-14-28-7-4-5-9-32(28)38(35)41)18-13-27-11-15-30(16-12-27)44-22-19-43(20-23-44)21-24-45-39(46)33-10-6-8-29-25-31(51(48,49)50)26-34(37(29)33)40(45)47/h4-18,25-26H,19-24H2,1-3H3/p+1. The maximum absolute atomic E-state index is 13.5. The van der Waals surface area contributed by atoms with Gasteiger partial charge in [-0.25, -0.2) is 0 Å². The molecule has 2 amide bonds. The zero-order valence-electron chi connectivity index (χ0n) is 28.8. The highest BCUT2D eigenvalue weighted by Crippen LogP contribution is 2.43. The first-order valence-corrected chi connectivity index (χ1v) is 18.6. The number of fused-ring (bicyclic) bond motifs is 3. The van der Waals surface area contributed by atoms with Crippen molar-refractivity contribution in [1.82, 2.24) is 9.80 Å². The number of imide groups is 1. The number of amides is 2. The van der Waals surface area contributed by atoms with Gasteiger partial charge in [-0.1, -0.05) is 48.5 Å². The second-order valence-electron chi connectivity index (χ2n) is 14.1. The first kappa shape index (κ1) is 33.0. The zero-order valence-corrected chi connectivity index (χ0v) is 29.7. The van der Waals surface area contributed by atoms with E-state index in [2.05, 4.69) is 108 Å². The van der Waals surface area contributed by atoms with Crippen molar-refractivity contribution < 1.29 is 27.1 Å². The van der Waals surface area contributed by atoms with E-state index in [-0.39, 0.29) is 22.4 Å². The molecule has 0 aromatic heterocycles. The van der Waals surface area contributed by atoms with Gasteiger partial charge in [-0.15, -0.1) is 0 Å². The van der Waals surface area contributed by atoms with Crippen molar-refractivity contribution in [1.29, 1.82) is 0 Å². The van der Waals surface area contributed by atoms with E-state index in [9.17, 15) is 22.6 Å². The molecule has 258 valence electrons. The van der Waals surface area contributed by atoms with Gasteiger partial charge in [-0.3, -0.25) is 23.9 Å². The molecular weight excluding hydrogens is 661 g/mol. The second kappa shape index (κ2) is 12.3. The molecule has 1 fully saturated rings. The predicted octanol–water partition coefficient (Wildman–Crippen LogP) is 6.38. The summed E-state index contributed by atoms with van der Waals surface area (Å²) >= 11 is 0. The number of hydrogen-bond acceptors (Lipinski definition) is 6. The summed E-state index contributed by atoms with van der Waals surface area (Å²) in [4.78, 5) is 32.3. The van der Waals surface area contributed by atoms with Gasteiger partial charge >= 0.3 is 0 Å². The van der Waals surface area contributed by atoms with Crippen LogP contribution in [0.4, 0.5) is 11.4 Å². The van der Waals surface area contributed by atoms with Gasteiger partial charge in [0.05, 0.1) is 15.9 Å². The van der Waals surface area contributed by atoms with Crippen LogP contribution in [-0.2, 0) is 15.5 Å². The lowest BCUT2D eigenvalue weighted by atomic mass is 9.79. The lowest BCUT2D eigenvalue weighted by Gasteiger charge is -2.37. The average molecular weight is 700 g/mol. The topological polar surface area (TPSA) is 101 Å². The minimum absolute atomic E-state index is 0.106. The van der Waals surface area contributed by atoms with Crippen LogP contribution in [0.15, 0.2) is 102 Å². The van der Waals surface area contributed by atoms with Crippen LogP contribution in [0.3, 0.4) is 0 Å². The fourth-order valence-electron chi connectivity index (χ4n) is 8.12. The molecule has 5 aromatic carbocycles. The van der Waals surface area contributed by atoms with Crippen LogP contribution in [0.1, 0.15) is 45.7 Å². The number of piperazine rings is 1. The third-order valence-corrected chi connectivity index (χ3v) is 11.6. The van der Waals surface area contributed by atoms with Crippen molar-refractivity contribution >= 4 is 66.6 Å². The zero-order chi connectivity index (χ0) is 35.7. The van der Waals surface area contributed by atoms with E-state index in [1.165, 1.54) is 38.7 Å². The Balaban J connectivity index is 0.903. The lowest BCUT2D eigenvalue weighted by Crippen LogP contribution is -2.50. The summed E-state index contributed by atoms with van der Waals surface area (Å²) in [6, 6.07) is 29.0. The molecule has 1 N–H and O–H groups in total. The highest BCUT2D eigenvalue weighted by molar-refractivity contribution is 7.85. The summed E-state index contributed by atoms with van der Waals surface area (Å²) in [6.07, 6.45) is 4.43. The van der Waals surface area contributed by atoms with E-state index in [1.54, 1.807) is 18.2 Å². The number of allylic oxidation sites excluding steroid dienone is 1. The molecule has 0 aliphatic carbocycles. The van der Waals surface area contributed by atoms with Crippen molar-refractivity contribution in [3.05, 3.63) is 119 Å². The fourth-order valence-corrected chi connectivity index (χ4v) is 8.66. The summed E-state index contributed by atoms with van der Waals surface area (Å²) in [5.41, 5.74) is 6.47. The van der Waals surface area contributed by atoms with Crippen LogP contribution in [0.5, 0.6) is 0 Å². The number of rotatable bonds is 7. The molecule has 3 aliphatic heterocycles. The van der Waals surface area contributed by atoms with Gasteiger partial charge < -0.3 is 4.90 Å². The van der Waals surface area contributed by atoms with Gasteiger partial charge in [0, 0.05) is 73.6 Å². The molecule has 1 saturated heterocycles. The molecule has 0 bridgehead atoms. The molecule has 0 unspecified atom stereocenters. The molecule has 8 rings (SSSR count). The third kappa shape index (κ3) is 5.64.